The van der Waals surface area contributed by atoms with Gasteiger partial charge in [-0.15, -0.1) is 0 Å². The number of carbonyl (C=O) groups is 1. The van der Waals surface area contributed by atoms with Crippen molar-refractivity contribution >= 4 is 42.5 Å². The maximum atomic E-state index is 12.2. The van der Waals surface area contributed by atoms with Crippen molar-refractivity contribution in [3.05, 3.63) is 68.2 Å². The molecule has 0 radical (unpaired) electrons. The summed E-state index contributed by atoms with van der Waals surface area (Å²) in [7, 11) is -3.85. The first-order valence-corrected chi connectivity index (χ1v) is 9.89. The standard InChI is InChI=1S/C16H14Cl2NO8P.Na/c1-25-28(23,24)16(10-3-2-4-12(7-10)19(21)22)27-15(20)9-26-14-6-5-11(17)8-13(14)18;/h2-8,16H,9H2,1H3,(H,23,24);/q;+1/p-1. The van der Waals surface area contributed by atoms with Gasteiger partial charge in [-0.25, -0.2) is 4.79 Å². The van der Waals surface area contributed by atoms with Gasteiger partial charge >= 0.3 is 35.5 Å². The van der Waals surface area contributed by atoms with Crippen LogP contribution in [0.3, 0.4) is 0 Å². The van der Waals surface area contributed by atoms with E-state index >= 15 is 0 Å². The molecule has 0 amide bonds. The van der Waals surface area contributed by atoms with Crippen molar-refractivity contribution in [3.8, 4) is 5.75 Å². The van der Waals surface area contributed by atoms with Gasteiger partial charge in [0.15, 0.2) is 20.0 Å². The van der Waals surface area contributed by atoms with E-state index in [0.29, 0.717) is 5.02 Å². The number of nitrogens with zero attached hydrogens (tertiary/aromatic N) is 1. The molecule has 29 heavy (non-hydrogen) atoms. The molecule has 2 rings (SSSR count). The molecule has 0 aliphatic carbocycles. The van der Waals surface area contributed by atoms with E-state index in [9.17, 15) is 24.4 Å². The fourth-order valence-corrected chi connectivity index (χ4v) is 3.52. The Kier molecular flexibility index (Phi) is 10.1. The van der Waals surface area contributed by atoms with E-state index in [4.69, 9.17) is 32.7 Å². The Morgan fingerprint density at radius 2 is 1.93 bits per heavy atom. The summed E-state index contributed by atoms with van der Waals surface area (Å²) in [6, 6.07) is 8.95. The normalized spacial score (nSPS) is 13.5. The molecule has 0 fully saturated rings. The van der Waals surface area contributed by atoms with E-state index in [1.807, 2.05) is 0 Å². The monoisotopic (exact) mass is 471 g/mol. The van der Waals surface area contributed by atoms with Crippen molar-refractivity contribution in [1.29, 1.82) is 0 Å². The summed E-state index contributed by atoms with van der Waals surface area (Å²) >= 11 is 11.7. The molecule has 0 aromatic heterocycles. The number of esters is 1. The van der Waals surface area contributed by atoms with Crippen molar-refractivity contribution in [2.24, 2.45) is 0 Å². The van der Waals surface area contributed by atoms with Crippen molar-refractivity contribution in [3.63, 3.8) is 0 Å². The Morgan fingerprint density at radius 3 is 2.52 bits per heavy atom. The van der Waals surface area contributed by atoms with Gasteiger partial charge in [-0.2, -0.15) is 0 Å². The quantitative estimate of drug-likeness (QED) is 0.181. The number of benzene rings is 2. The molecule has 9 nitrogen and oxygen atoms in total. The maximum Gasteiger partial charge on any atom is 1.00 e. The summed E-state index contributed by atoms with van der Waals surface area (Å²) in [5.74, 6) is -2.82. The molecule has 0 spiro atoms. The van der Waals surface area contributed by atoms with Crippen LogP contribution in [0, 0.1) is 10.1 Å². The average Bonchev–Trinajstić information content (AvgIpc) is 2.65. The minimum atomic E-state index is -4.74. The molecule has 2 aromatic carbocycles. The van der Waals surface area contributed by atoms with Crippen LogP contribution in [0.1, 0.15) is 11.4 Å². The average molecular weight is 472 g/mol. The SMILES string of the molecule is COP(=O)([O-])C(OC(=O)COc1ccc(Cl)cc1Cl)c1cccc([N+](=O)[O-])c1.[Na+]. The van der Waals surface area contributed by atoms with Crippen molar-refractivity contribution in [2.75, 3.05) is 13.7 Å². The number of halogens is 2. The number of rotatable bonds is 8. The Bertz CT molecular complexity index is 945. The van der Waals surface area contributed by atoms with Gasteiger partial charge in [0.05, 0.1) is 9.95 Å². The van der Waals surface area contributed by atoms with Gasteiger partial charge in [-0.05, 0) is 18.2 Å². The second-order valence-corrected chi connectivity index (χ2v) is 8.04. The van der Waals surface area contributed by atoms with Crippen LogP contribution in [0.5, 0.6) is 5.75 Å². The smallest absolute Gasteiger partial charge is 0.776 e. The second kappa shape index (κ2) is 11.3. The molecule has 0 bridgehead atoms. The summed E-state index contributed by atoms with van der Waals surface area (Å²) in [4.78, 5) is 34.5. The van der Waals surface area contributed by atoms with Gasteiger partial charge in [-0.1, -0.05) is 35.3 Å². The number of hydrogen-bond acceptors (Lipinski definition) is 8. The van der Waals surface area contributed by atoms with Crippen molar-refractivity contribution < 1.29 is 62.7 Å². The van der Waals surface area contributed by atoms with Gasteiger partial charge in [0.2, 0.25) is 0 Å². The number of hydrogen-bond donors (Lipinski definition) is 0. The third kappa shape index (κ3) is 7.24. The van der Waals surface area contributed by atoms with Gasteiger partial charge < -0.3 is 23.5 Å². The topological polar surface area (TPSA) is 128 Å². The molecule has 0 saturated heterocycles. The van der Waals surface area contributed by atoms with Crippen molar-refractivity contribution in [1.82, 2.24) is 0 Å². The Hall–Kier alpha value is -1.16. The molecule has 13 heteroatoms. The number of nitro benzene ring substituents is 1. The van der Waals surface area contributed by atoms with Gasteiger partial charge in [0, 0.05) is 29.8 Å². The Labute approximate surface area is 197 Å². The molecule has 150 valence electrons. The van der Waals surface area contributed by atoms with E-state index in [2.05, 4.69) is 4.52 Å². The van der Waals surface area contributed by atoms with Crippen LogP contribution < -0.4 is 39.2 Å². The first-order valence-electron chi connectivity index (χ1n) is 7.52. The zero-order valence-electron chi connectivity index (χ0n) is 15.2. The van der Waals surface area contributed by atoms with Gasteiger partial charge in [0.25, 0.3) is 5.69 Å². The third-order valence-corrected chi connectivity index (χ3v) is 5.41. The summed E-state index contributed by atoms with van der Waals surface area (Å²) < 4.78 is 26.7. The number of ether oxygens (including phenoxy) is 2. The number of nitro groups is 1. The first-order chi connectivity index (χ1) is 13.1. The van der Waals surface area contributed by atoms with Crippen LogP contribution in [0.15, 0.2) is 42.5 Å². The van der Waals surface area contributed by atoms with Gasteiger partial charge in [0.1, 0.15) is 5.75 Å². The summed E-state index contributed by atoms with van der Waals surface area (Å²) in [6.45, 7) is -0.670. The molecule has 0 saturated carbocycles. The minimum Gasteiger partial charge on any atom is -0.776 e. The van der Waals surface area contributed by atoms with E-state index < -0.39 is 30.9 Å². The van der Waals surface area contributed by atoms with E-state index in [1.54, 1.807) is 0 Å². The minimum absolute atomic E-state index is 0. The second-order valence-electron chi connectivity index (χ2n) is 5.28. The zero-order valence-corrected chi connectivity index (χ0v) is 19.6. The predicted molar refractivity (Wildman–Crippen MR) is 98.5 cm³/mol. The van der Waals surface area contributed by atoms with Crippen LogP contribution in [0.4, 0.5) is 5.69 Å². The Balaban J connectivity index is 0.00000420. The molecule has 0 aliphatic rings. The molecule has 2 unspecified atom stereocenters. The summed E-state index contributed by atoms with van der Waals surface area (Å²) in [5, 5.41) is 11.4. The van der Waals surface area contributed by atoms with Crippen molar-refractivity contribution in [2.45, 2.75) is 5.85 Å². The largest absolute Gasteiger partial charge is 1.00 e. The number of non-ortho nitro benzene ring substituents is 1. The van der Waals surface area contributed by atoms with Crippen LogP contribution in [0.25, 0.3) is 0 Å². The molecule has 2 aromatic rings. The fourth-order valence-electron chi connectivity index (χ4n) is 2.09. The Morgan fingerprint density at radius 1 is 1.24 bits per heavy atom. The van der Waals surface area contributed by atoms with E-state index in [-0.39, 0.29) is 51.6 Å². The van der Waals surface area contributed by atoms with Gasteiger partial charge in [-0.3, -0.25) is 10.1 Å². The molecular formula is C16H13Cl2NNaO8P. The predicted octanol–water partition coefficient (Wildman–Crippen LogP) is 0.726. The number of carbonyl (C=O) groups excluding carboxylic acids is 1. The van der Waals surface area contributed by atoms with Crippen LogP contribution in [0.2, 0.25) is 10.0 Å². The molecular weight excluding hydrogens is 459 g/mol. The fraction of sp³-hybridized carbons (Fsp3) is 0.188. The zero-order chi connectivity index (χ0) is 20.9. The molecule has 2 atom stereocenters. The first kappa shape index (κ1) is 25.9. The van der Waals surface area contributed by atoms with Crippen LogP contribution in [-0.2, 0) is 18.6 Å². The molecule has 0 aliphatic heterocycles. The van der Waals surface area contributed by atoms with Crippen LogP contribution in [-0.4, -0.2) is 24.6 Å². The summed E-state index contributed by atoms with van der Waals surface area (Å²) in [5.41, 5.74) is -0.522. The van der Waals surface area contributed by atoms with Crippen LogP contribution >= 0.6 is 30.8 Å². The maximum absolute atomic E-state index is 12.2. The molecule has 0 N–H and O–H groups in total. The van der Waals surface area contributed by atoms with E-state index in [0.717, 1.165) is 19.2 Å². The molecule has 0 heterocycles. The third-order valence-electron chi connectivity index (χ3n) is 3.39. The van der Waals surface area contributed by atoms with E-state index in [1.165, 1.54) is 30.3 Å². The summed E-state index contributed by atoms with van der Waals surface area (Å²) in [6.07, 6.45) is 0.